The van der Waals surface area contributed by atoms with Crippen LogP contribution in [-0.4, -0.2) is 12.9 Å². The van der Waals surface area contributed by atoms with Crippen LogP contribution in [0.15, 0.2) is 16.6 Å². The number of methoxy groups -OCH3 is 1. The number of ketones is 1. The first kappa shape index (κ1) is 10.7. The number of benzene rings is 1. The molecular weight excluding hydrogens is 246 g/mol. The molecule has 0 bridgehead atoms. The molecule has 3 nitrogen and oxygen atoms in total. The monoisotopic (exact) mass is 253 g/mol. The first-order valence-corrected chi connectivity index (χ1v) is 4.68. The maximum absolute atomic E-state index is 11.2. The molecule has 0 fully saturated rings. The molecule has 72 valence electrons. The van der Waals surface area contributed by atoms with Gasteiger partial charge in [-0.2, -0.15) is 5.26 Å². The number of hydrogen-bond donors (Lipinski definition) is 0. The van der Waals surface area contributed by atoms with Gasteiger partial charge in [-0.05, 0) is 35.0 Å². The molecule has 4 heteroatoms. The first-order valence-electron chi connectivity index (χ1n) is 3.88. The normalized spacial score (nSPS) is 9.29. The van der Waals surface area contributed by atoms with Crippen LogP contribution in [0.1, 0.15) is 22.8 Å². The third kappa shape index (κ3) is 1.94. The number of halogens is 1. The summed E-state index contributed by atoms with van der Waals surface area (Å²) < 4.78 is 5.63. The Hall–Kier alpha value is -1.34. The molecule has 0 unspecified atom stereocenters. The Morgan fingerprint density at radius 3 is 2.64 bits per heavy atom. The van der Waals surface area contributed by atoms with E-state index >= 15 is 0 Å². The zero-order valence-corrected chi connectivity index (χ0v) is 9.38. The predicted molar refractivity (Wildman–Crippen MR) is 55.4 cm³/mol. The minimum Gasteiger partial charge on any atom is -0.495 e. The molecular formula is C10H8BrNO2. The third-order valence-electron chi connectivity index (χ3n) is 1.79. The second-order valence-corrected chi connectivity index (χ2v) is 3.55. The van der Waals surface area contributed by atoms with E-state index < -0.39 is 0 Å². The van der Waals surface area contributed by atoms with Crippen LogP contribution in [-0.2, 0) is 0 Å². The molecule has 0 aliphatic carbocycles. The number of nitriles is 1. The van der Waals surface area contributed by atoms with Crippen LogP contribution in [0.5, 0.6) is 5.75 Å². The molecule has 0 aliphatic rings. The van der Waals surface area contributed by atoms with Gasteiger partial charge < -0.3 is 4.74 Å². The Labute approximate surface area is 90.4 Å². The van der Waals surface area contributed by atoms with Gasteiger partial charge in [0.05, 0.1) is 12.7 Å². The van der Waals surface area contributed by atoms with Crippen LogP contribution in [0.2, 0.25) is 0 Å². The highest BCUT2D eigenvalue weighted by Crippen LogP contribution is 2.27. The molecule has 14 heavy (non-hydrogen) atoms. The van der Waals surface area contributed by atoms with E-state index in [0.717, 1.165) is 0 Å². The molecule has 0 radical (unpaired) electrons. The van der Waals surface area contributed by atoms with Crippen molar-refractivity contribution < 1.29 is 9.53 Å². The third-order valence-corrected chi connectivity index (χ3v) is 2.44. The van der Waals surface area contributed by atoms with Gasteiger partial charge in [-0.3, -0.25) is 4.79 Å². The van der Waals surface area contributed by atoms with Gasteiger partial charge in [-0.25, -0.2) is 0 Å². The number of hydrogen-bond acceptors (Lipinski definition) is 3. The standard InChI is InChI=1S/C10H8BrNO2/c1-6(13)8-3-7(5-12)10(14-2)4-9(8)11/h3-4H,1-2H3. The average molecular weight is 254 g/mol. The number of ether oxygens (including phenoxy) is 1. The summed E-state index contributed by atoms with van der Waals surface area (Å²) in [5.74, 6) is 0.375. The fourth-order valence-electron chi connectivity index (χ4n) is 1.08. The van der Waals surface area contributed by atoms with Gasteiger partial charge >= 0.3 is 0 Å². The van der Waals surface area contributed by atoms with Crippen LogP contribution in [0.4, 0.5) is 0 Å². The summed E-state index contributed by atoms with van der Waals surface area (Å²) in [7, 11) is 1.48. The average Bonchev–Trinajstić information content (AvgIpc) is 2.16. The summed E-state index contributed by atoms with van der Waals surface area (Å²) in [6.45, 7) is 1.45. The maximum Gasteiger partial charge on any atom is 0.160 e. The fourth-order valence-corrected chi connectivity index (χ4v) is 1.68. The molecule has 0 amide bonds. The number of Topliss-reactive ketones (excluding diaryl/α,β-unsaturated/α-hetero) is 1. The summed E-state index contributed by atoms with van der Waals surface area (Å²) >= 11 is 3.24. The van der Waals surface area contributed by atoms with Crippen molar-refractivity contribution >= 4 is 21.7 Å². The smallest absolute Gasteiger partial charge is 0.160 e. The van der Waals surface area contributed by atoms with Crippen molar-refractivity contribution in [1.29, 1.82) is 5.26 Å². The van der Waals surface area contributed by atoms with Crippen LogP contribution >= 0.6 is 15.9 Å². The SMILES string of the molecule is COc1cc(Br)c(C(C)=O)cc1C#N. The Bertz CT molecular complexity index is 421. The highest BCUT2D eigenvalue weighted by Gasteiger charge is 2.11. The van der Waals surface area contributed by atoms with Gasteiger partial charge in [0.2, 0.25) is 0 Å². The second-order valence-electron chi connectivity index (χ2n) is 2.70. The van der Waals surface area contributed by atoms with Crippen molar-refractivity contribution in [3.8, 4) is 11.8 Å². The molecule has 0 spiro atoms. The van der Waals surface area contributed by atoms with Crippen molar-refractivity contribution in [1.82, 2.24) is 0 Å². The summed E-state index contributed by atoms with van der Waals surface area (Å²) in [5.41, 5.74) is 0.850. The van der Waals surface area contributed by atoms with Crippen molar-refractivity contribution in [3.63, 3.8) is 0 Å². The fraction of sp³-hybridized carbons (Fsp3) is 0.200. The second kappa shape index (κ2) is 4.25. The van der Waals surface area contributed by atoms with Gasteiger partial charge in [0.15, 0.2) is 5.78 Å². The van der Waals surface area contributed by atoms with Gasteiger partial charge in [-0.15, -0.1) is 0 Å². The van der Waals surface area contributed by atoms with Crippen LogP contribution in [0.3, 0.4) is 0 Å². The Morgan fingerprint density at radius 2 is 2.21 bits per heavy atom. The molecule has 0 saturated carbocycles. The van der Waals surface area contributed by atoms with Gasteiger partial charge in [0.25, 0.3) is 0 Å². The highest BCUT2D eigenvalue weighted by atomic mass is 79.9. The van der Waals surface area contributed by atoms with Gasteiger partial charge in [0.1, 0.15) is 11.8 Å². The lowest BCUT2D eigenvalue weighted by molar-refractivity contribution is 0.101. The molecule has 1 aromatic rings. The van der Waals surface area contributed by atoms with E-state index in [2.05, 4.69) is 15.9 Å². The predicted octanol–water partition coefficient (Wildman–Crippen LogP) is 2.53. The number of carbonyl (C=O) groups is 1. The zero-order valence-electron chi connectivity index (χ0n) is 7.80. The minimum atomic E-state index is -0.0870. The summed E-state index contributed by atoms with van der Waals surface area (Å²) in [6.07, 6.45) is 0. The molecule has 0 aliphatic heterocycles. The van der Waals surface area contributed by atoms with E-state index in [9.17, 15) is 4.79 Å². The highest BCUT2D eigenvalue weighted by molar-refractivity contribution is 9.10. The van der Waals surface area contributed by atoms with Gasteiger partial charge in [0, 0.05) is 10.0 Å². The molecule has 1 aromatic carbocycles. The molecule has 0 heterocycles. The molecule has 1 rings (SSSR count). The van der Waals surface area contributed by atoms with Crippen molar-refractivity contribution in [2.75, 3.05) is 7.11 Å². The van der Waals surface area contributed by atoms with Crippen molar-refractivity contribution in [2.24, 2.45) is 0 Å². The zero-order chi connectivity index (χ0) is 10.7. The van der Waals surface area contributed by atoms with Gasteiger partial charge in [-0.1, -0.05) is 0 Å². The van der Waals surface area contributed by atoms with E-state index in [1.165, 1.54) is 20.1 Å². The molecule has 0 N–H and O–H groups in total. The number of carbonyl (C=O) groups excluding carboxylic acids is 1. The first-order chi connectivity index (χ1) is 6.60. The number of nitrogens with zero attached hydrogens (tertiary/aromatic N) is 1. The lowest BCUT2D eigenvalue weighted by atomic mass is 10.1. The van der Waals surface area contributed by atoms with Crippen molar-refractivity contribution in [2.45, 2.75) is 6.92 Å². The molecule has 0 atom stereocenters. The molecule has 0 aromatic heterocycles. The van der Waals surface area contributed by atoms with E-state index in [-0.39, 0.29) is 5.78 Å². The van der Waals surface area contributed by atoms with Crippen LogP contribution < -0.4 is 4.74 Å². The lowest BCUT2D eigenvalue weighted by Gasteiger charge is -2.06. The van der Waals surface area contributed by atoms with Crippen LogP contribution in [0.25, 0.3) is 0 Å². The lowest BCUT2D eigenvalue weighted by Crippen LogP contribution is -1.97. The number of rotatable bonds is 2. The molecule has 0 saturated heterocycles. The van der Waals surface area contributed by atoms with E-state index in [1.54, 1.807) is 6.07 Å². The van der Waals surface area contributed by atoms with Crippen LogP contribution in [0, 0.1) is 11.3 Å². The van der Waals surface area contributed by atoms with E-state index in [4.69, 9.17) is 10.00 Å². The summed E-state index contributed by atoms with van der Waals surface area (Å²) in [4.78, 5) is 11.2. The quantitative estimate of drug-likeness (QED) is 0.762. The Morgan fingerprint density at radius 1 is 1.57 bits per heavy atom. The van der Waals surface area contributed by atoms with E-state index in [1.807, 2.05) is 6.07 Å². The minimum absolute atomic E-state index is 0.0870. The summed E-state index contributed by atoms with van der Waals surface area (Å²) in [6, 6.07) is 5.11. The van der Waals surface area contributed by atoms with E-state index in [0.29, 0.717) is 21.3 Å². The Kier molecular flexibility index (Phi) is 3.26. The van der Waals surface area contributed by atoms with Crippen molar-refractivity contribution in [3.05, 3.63) is 27.7 Å². The summed E-state index contributed by atoms with van der Waals surface area (Å²) in [5, 5.41) is 8.79. The topological polar surface area (TPSA) is 50.1 Å². The Balaban J connectivity index is 3.40. The maximum atomic E-state index is 11.2. The largest absolute Gasteiger partial charge is 0.495 e.